The maximum Gasteiger partial charge on any atom is 0.203 e. The molecule has 1 unspecified atom stereocenters. The van der Waals surface area contributed by atoms with Gasteiger partial charge in [-0.15, -0.1) is 0 Å². The van der Waals surface area contributed by atoms with E-state index in [0.29, 0.717) is 6.61 Å². The molecule has 0 amide bonds. The van der Waals surface area contributed by atoms with Crippen LogP contribution in [0.25, 0.3) is 0 Å². The second kappa shape index (κ2) is 6.21. The number of methoxy groups -OCH3 is 1. The third-order valence-corrected chi connectivity index (χ3v) is 2.96. The Hall–Kier alpha value is -1.81. The average molecular weight is 245 g/mol. The monoisotopic (exact) mass is 245 g/mol. The maximum absolute atomic E-state index is 5.03. The van der Waals surface area contributed by atoms with Crippen molar-refractivity contribution in [3.05, 3.63) is 48.3 Å². The van der Waals surface area contributed by atoms with E-state index in [4.69, 9.17) is 4.74 Å². The van der Waals surface area contributed by atoms with Crippen LogP contribution in [0.15, 0.2) is 42.7 Å². The fraction of sp³-hybridized carbons (Fsp3) is 0.357. The van der Waals surface area contributed by atoms with Crippen LogP contribution in [0.1, 0.15) is 18.5 Å². The molecule has 0 aliphatic heterocycles. The van der Waals surface area contributed by atoms with Crippen molar-refractivity contribution in [2.75, 3.05) is 25.6 Å². The predicted molar refractivity (Wildman–Crippen MR) is 72.8 cm³/mol. The zero-order chi connectivity index (χ0) is 12.8. The number of nitrogens with one attached hydrogen (secondary N) is 1. The number of aromatic nitrogens is 2. The van der Waals surface area contributed by atoms with Gasteiger partial charge in [-0.25, -0.2) is 4.98 Å². The molecule has 0 radical (unpaired) electrons. The van der Waals surface area contributed by atoms with E-state index in [0.717, 1.165) is 12.5 Å². The average Bonchev–Trinajstić information content (AvgIpc) is 2.88. The molecule has 1 atom stereocenters. The van der Waals surface area contributed by atoms with Gasteiger partial charge in [0.05, 0.1) is 12.6 Å². The van der Waals surface area contributed by atoms with Crippen molar-refractivity contribution in [1.29, 1.82) is 0 Å². The van der Waals surface area contributed by atoms with Gasteiger partial charge < -0.3 is 14.6 Å². The number of ether oxygens (including phenoxy) is 1. The van der Waals surface area contributed by atoms with Crippen LogP contribution in [-0.4, -0.2) is 29.8 Å². The van der Waals surface area contributed by atoms with Gasteiger partial charge in [-0.2, -0.15) is 0 Å². The molecule has 0 aliphatic carbocycles. The van der Waals surface area contributed by atoms with Gasteiger partial charge in [-0.3, -0.25) is 0 Å². The van der Waals surface area contributed by atoms with Crippen LogP contribution < -0.4 is 5.32 Å². The van der Waals surface area contributed by atoms with E-state index in [1.807, 2.05) is 18.5 Å². The summed E-state index contributed by atoms with van der Waals surface area (Å²) in [5.74, 6) is 0.878. The van der Waals surface area contributed by atoms with Crippen LogP contribution in [0.3, 0.4) is 0 Å². The normalized spacial score (nSPS) is 12.3. The lowest BCUT2D eigenvalue weighted by Gasteiger charge is -2.17. The second-order valence-corrected chi connectivity index (χ2v) is 4.16. The molecule has 4 heteroatoms. The topological polar surface area (TPSA) is 39.1 Å². The van der Waals surface area contributed by atoms with Crippen molar-refractivity contribution >= 4 is 5.95 Å². The molecule has 96 valence electrons. The van der Waals surface area contributed by atoms with Crippen molar-refractivity contribution in [2.24, 2.45) is 0 Å². The Balaban J connectivity index is 2.11. The van der Waals surface area contributed by atoms with Gasteiger partial charge in [0.15, 0.2) is 0 Å². The van der Waals surface area contributed by atoms with Gasteiger partial charge in [-0.1, -0.05) is 30.3 Å². The zero-order valence-corrected chi connectivity index (χ0v) is 10.8. The van der Waals surface area contributed by atoms with E-state index in [2.05, 4.69) is 46.1 Å². The van der Waals surface area contributed by atoms with Crippen molar-refractivity contribution in [3.8, 4) is 0 Å². The van der Waals surface area contributed by atoms with Crippen LogP contribution in [0.4, 0.5) is 5.95 Å². The van der Waals surface area contributed by atoms with Gasteiger partial charge in [0, 0.05) is 26.0 Å². The molecule has 1 aromatic heterocycles. The first-order chi connectivity index (χ1) is 8.83. The van der Waals surface area contributed by atoms with Crippen LogP contribution in [-0.2, 0) is 4.74 Å². The summed E-state index contributed by atoms with van der Waals surface area (Å²) in [5.41, 5.74) is 1.27. The Morgan fingerprint density at radius 2 is 2.11 bits per heavy atom. The van der Waals surface area contributed by atoms with Crippen molar-refractivity contribution in [3.63, 3.8) is 0 Å². The number of hydrogen-bond donors (Lipinski definition) is 1. The molecule has 2 aromatic rings. The van der Waals surface area contributed by atoms with E-state index in [-0.39, 0.29) is 6.04 Å². The third-order valence-electron chi connectivity index (χ3n) is 2.96. The molecule has 0 saturated heterocycles. The molecule has 1 aromatic carbocycles. The highest BCUT2D eigenvalue weighted by atomic mass is 16.5. The fourth-order valence-corrected chi connectivity index (χ4v) is 1.92. The number of nitrogens with zero attached hydrogens (tertiary/aromatic N) is 2. The number of imidazole rings is 1. The first-order valence-electron chi connectivity index (χ1n) is 6.13. The molecule has 2 rings (SSSR count). The number of benzene rings is 1. The van der Waals surface area contributed by atoms with Gasteiger partial charge in [-0.05, 0) is 12.5 Å². The Morgan fingerprint density at radius 1 is 1.33 bits per heavy atom. The Morgan fingerprint density at radius 3 is 2.83 bits per heavy atom. The molecule has 18 heavy (non-hydrogen) atoms. The van der Waals surface area contributed by atoms with Crippen LogP contribution >= 0.6 is 0 Å². The van der Waals surface area contributed by atoms with Crippen LogP contribution in [0.5, 0.6) is 0 Å². The summed E-state index contributed by atoms with van der Waals surface area (Å²) in [6, 6.07) is 10.7. The first-order valence-corrected chi connectivity index (χ1v) is 6.13. The SMILES string of the molecule is COCCNc1nccn1C(C)c1ccccc1. The highest BCUT2D eigenvalue weighted by Crippen LogP contribution is 2.20. The molecule has 0 aliphatic rings. The minimum Gasteiger partial charge on any atom is -0.383 e. The van der Waals surface area contributed by atoms with Crippen molar-refractivity contribution in [2.45, 2.75) is 13.0 Å². The van der Waals surface area contributed by atoms with E-state index in [1.165, 1.54) is 5.56 Å². The lowest BCUT2D eigenvalue weighted by molar-refractivity contribution is 0.210. The van der Waals surface area contributed by atoms with E-state index in [9.17, 15) is 0 Å². The Kier molecular flexibility index (Phi) is 4.36. The molecular weight excluding hydrogens is 226 g/mol. The van der Waals surface area contributed by atoms with Gasteiger partial charge >= 0.3 is 0 Å². The minimum absolute atomic E-state index is 0.263. The third kappa shape index (κ3) is 2.90. The fourth-order valence-electron chi connectivity index (χ4n) is 1.92. The molecule has 1 N–H and O–H groups in total. The molecule has 4 nitrogen and oxygen atoms in total. The van der Waals surface area contributed by atoms with Crippen molar-refractivity contribution in [1.82, 2.24) is 9.55 Å². The van der Waals surface area contributed by atoms with E-state index in [1.54, 1.807) is 7.11 Å². The highest BCUT2D eigenvalue weighted by molar-refractivity contribution is 5.30. The number of hydrogen-bond acceptors (Lipinski definition) is 3. The summed E-state index contributed by atoms with van der Waals surface area (Å²) in [5, 5.41) is 3.27. The zero-order valence-electron chi connectivity index (χ0n) is 10.8. The van der Waals surface area contributed by atoms with Crippen LogP contribution in [0.2, 0.25) is 0 Å². The first kappa shape index (κ1) is 12.6. The predicted octanol–water partition coefficient (Wildman–Crippen LogP) is 2.55. The summed E-state index contributed by atoms with van der Waals surface area (Å²) in [6.07, 6.45) is 3.81. The minimum atomic E-state index is 0.263. The van der Waals surface area contributed by atoms with Crippen molar-refractivity contribution < 1.29 is 4.74 Å². The summed E-state index contributed by atoms with van der Waals surface area (Å²) >= 11 is 0. The number of anilines is 1. The Labute approximate surface area is 108 Å². The lowest BCUT2D eigenvalue weighted by Crippen LogP contribution is -2.15. The molecule has 0 fully saturated rings. The largest absolute Gasteiger partial charge is 0.383 e. The molecule has 0 saturated carbocycles. The highest BCUT2D eigenvalue weighted by Gasteiger charge is 2.10. The second-order valence-electron chi connectivity index (χ2n) is 4.16. The summed E-state index contributed by atoms with van der Waals surface area (Å²) in [4.78, 5) is 4.33. The molecular formula is C14H19N3O. The smallest absolute Gasteiger partial charge is 0.203 e. The maximum atomic E-state index is 5.03. The molecule has 0 bridgehead atoms. The molecule has 1 heterocycles. The Bertz CT molecular complexity index is 467. The quantitative estimate of drug-likeness (QED) is 0.795. The summed E-state index contributed by atoms with van der Waals surface area (Å²) in [6.45, 7) is 3.60. The van der Waals surface area contributed by atoms with Gasteiger partial charge in [0.25, 0.3) is 0 Å². The standard InChI is InChI=1S/C14H19N3O/c1-12(13-6-4-3-5-7-13)17-10-8-15-14(17)16-9-11-18-2/h3-8,10,12H,9,11H2,1-2H3,(H,15,16). The lowest BCUT2D eigenvalue weighted by atomic mass is 10.1. The van der Waals surface area contributed by atoms with Gasteiger partial charge in [0.2, 0.25) is 5.95 Å². The van der Waals surface area contributed by atoms with E-state index >= 15 is 0 Å². The number of rotatable bonds is 6. The van der Waals surface area contributed by atoms with E-state index < -0.39 is 0 Å². The summed E-state index contributed by atoms with van der Waals surface area (Å²) < 4.78 is 7.16. The molecule has 0 spiro atoms. The van der Waals surface area contributed by atoms with Gasteiger partial charge in [0.1, 0.15) is 0 Å². The summed E-state index contributed by atoms with van der Waals surface area (Å²) in [7, 11) is 1.70. The van der Waals surface area contributed by atoms with Crippen LogP contribution in [0, 0.1) is 0 Å².